The van der Waals surface area contributed by atoms with Crippen LogP contribution in [-0.4, -0.2) is 18.3 Å². The molecular formula is C7H6F3O3S2+. The van der Waals surface area contributed by atoms with E-state index in [1.54, 1.807) is 0 Å². The van der Waals surface area contributed by atoms with Gasteiger partial charge in [-0.05, 0) is 12.1 Å². The van der Waals surface area contributed by atoms with Gasteiger partial charge in [-0.1, -0.05) is 18.2 Å². The van der Waals surface area contributed by atoms with Crippen LogP contribution >= 0.6 is 0 Å². The summed E-state index contributed by atoms with van der Waals surface area (Å²) in [5, 5.41) is -2.95. The van der Waals surface area contributed by atoms with Crippen LogP contribution in [0.15, 0.2) is 35.2 Å². The van der Waals surface area contributed by atoms with Crippen molar-refractivity contribution in [2.45, 2.75) is 4.90 Å². The van der Waals surface area contributed by atoms with E-state index in [1.807, 2.05) is 0 Å². The molecule has 0 heterocycles. The maximum Gasteiger partial charge on any atom is 0.483 e. The Kier molecular flexibility index (Phi) is 3.22. The molecule has 0 radical (unpaired) electrons. The van der Waals surface area contributed by atoms with Gasteiger partial charge in [0.15, 0.2) is 4.90 Å². The molecule has 0 aliphatic heterocycles. The minimum atomic E-state index is -5.49. The Morgan fingerprint density at radius 1 is 1.20 bits per heavy atom. The van der Waals surface area contributed by atoms with Crippen LogP contribution in [0, 0.1) is 0 Å². The van der Waals surface area contributed by atoms with Gasteiger partial charge in [0.2, 0.25) is 0 Å². The van der Waals surface area contributed by atoms with Gasteiger partial charge in [-0.25, -0.2) is 4.55 Å². The van der Waals surface area contributed by atoms with Crippen molar-refractivity contribution in [3.63, 3.8) is 0 Å². The van der Waals surface area contributed by atoms with Gasteiger partial charge in [0.25, 0.3) is 9.04 Å². The van der Waals surface area contributed by atoms with E-state index in [2.05, 4.69) is 0 Å². The van der Waals surface area contributed by atoms with Gasteiger partial charge in [-0.2, -0.15) is 8.42 Å². The molecule has 1 rings (SSSR count). The quantitative estimate of drug-likeness (QED) is 0.290. The summed E-state index contributed by atoms with van der Waals surface area (Å²) in [6.07, 6.45) is 0. The van der Waals surface area contributed by atoms with Crippen LogP contribution in [0.1, 0.15) is 0 Å². The summed E-state index contributed by atoms with van der Waals surface area (Å²) >= 11 is 0. The lowest BCUT2D eigenvalue weighted by Gasteiger charge is -2.02. The Hall–Kier alpha value is -0.860. The molecule has 1 N–H and O–H groups in total. The standard InChI is InChI=1S/C7H5F3O3S2/c8-7(9)14(10,15(11,12)13)6-4-2-1-3-5-6/h1-5H/p+1. The first-order valence-corrected chi connectivity index (χ1v) is 7.02. The van der Waals surface area contributed by atoms with Crippen molar-refractivity contribution in [1.82, 2.24) is 0 Å². The monoisotopic (exact) mass is 259 g/mol. The van der Waals surface area contributed by atoms with Gasteiger partial charge >= 0.3 is 14.5 Å². The molecule has 0 spiro atoms. The lowest BCUT2D eigenvalue weighted by molar-refractivity contribution is 0.499. The van der Waals surface area contributed by atoms with Crippen LogP contribution in [0.5, 0.6) is 0 Å². The summed E-state index contributed by atoms with van der Waals surface area (Å²) in [5.74, 6) is 0. The van der Waals surface area contributed by atoms with Gasteiger partial charge in [-0.15, -0.1) is 8.78 Å². The van der Waals surface area contributed by atoms with Crippen LogP contribution in [0.4, 0.5) is 12.7 Å². The van der Waals surface area contributed by atoms with Gasteiger partial charge < -0.3 is 0 Å². The first kappa shape index (κ1) is 12.2. The van der Waals surface area contributed by atoms with E-state index in [-0.39, 0.29) is 0 Å². The molecule has 0 aliphatic carbocycles. The summed E-state index contributed by atoms with van der Waals surface area (Å²) in [7, 11) is -10.6. The lowest BCUT2D eigenvalue weighted by atomic mass is 10.4. The number of hydrogen-bond donors (Lipinski definition) is 1. The maximum atomic E-state index is 13.6. The summed E-state index contributed by atoms with van der Waals surface area (Å²) in [6, 6.07) is 5.56. The van der Waals surface area contributed by atoms with Crippen LogP contribution in [0.2, 0.25) is 0 Å². The van der Waals surface area contributed by atoms with Crippen molar-refractivity contribution in [3.05, 3.63) is 30.3 Å². The minimum absolute atomic E-state index is 0.757. The SMILES string of the molecule is O=S(=O)(O)[S+](F)(=C(F)F)c1ccccc1. The Bertz CT molecular complexity index is 506. The number of benzene rings is 1. The smallest absolute Gasteiger partial charge is 0.246 e. The third-order valence-corrected chi connectivity index (χ3v) is 6.09. The molecule has 3 nitrogen and oxygen atoms in total. The fourth-order valence-electron chi connectivity index (χ4n) is 0.886. The summed E-state index contributed by atoms with van der Waals surface area (Å²) < 4.78 is 67.9. The summed E-state index contributed by atoms with van der Waals surface area (Å²) in [5.41, 5.74) is 0. The molecule has 0 amide bonds. The van der Waals surface area contributed by atoms with Crippen LogP contribution < -0.4 is 0 Å². The van der Waals surface area contributed by atoms with Crippen molar-refractivity contribution >= 4 is 23.6 Å². The zero-order valence-corrected chi connectivity index (χ0v) is 8.73. The highest BCUT2D eigenvalue weighted by Gasteiger charge is 2.49. The van der Waals surface area contributed by atoms with E-state index in [0.717, 1.165) is 12.1 Å². The van der Waals surface area contributed by atoms with E-state index in [9.17, 15) is 21.1 Å². The normalized spacial score (nSPS) is 15.7. The van der Waals surface area contributed by atoms with Crippen molar-refractivity contribution in [2.24, 2.45) is 0 Å². The second kappa shape index (κ2) is 3.95. The molecule has 0 bridgehead atoms. The zero-order chi connectivity index (χ0) is 11.7. The molecule has 8 heteroatoms. The molecule has 1 unspecified atom stereocenters. The minimum Gasteiger partial charge on any atom is -0.246 e. The Labute approximate surface area is 84.9 Å². The van der Waals surface area contributed by atoms with Crippen LogP contribution in [0.25, 0.3) is 0 Å². The second-order valence-electron chi connectivity index (χ2n) is 2.45. The van der Waals surface area contributed by atoms with E-state index in [0.29, 0.717) is 0 Å². The Morgan fingerprint density at radius 2 is 1.67 bits per heavy atom. The van der Waals surface area contributed by atoms with Gasteiger partial charge in [0.05, 0.1) is 0 Å². The molecule has 1 aromatic rings. The van der Waals surface area contributed by atoms with E-state index in [1.165, 1.54) is 18.2 Å². The third kappa shape index (κ3) is 2.06. The highest BCUT2D eigenvalue weighted by molar-refractivity contribution is 8.72. The zero-order valence-electron chi connectivity index (χ0n) is 7.10. The molecule has 1 atom stereocenters. The fourth-order valence-corrected chi connectivity index (χ4v) is 3.51. The average Bonchev–Trinajstić information content (AvgIpc) is 2.16. The highest BCUT2D eigenvalue weighted by atomic mass is 33.2. The van der Waals surface area contributed by atoms with Gasteiger partial charge in [0.1, 0.15) is 0 Å². The van der Waals surface area contributed by atoms with Gasteiger partial charge in [0, 0.05) is 3.89 Å². The molecular weight excluding hydrogens is 253 g/mol. The molecule has 0 saturated heterocycles. The predicted octanol–water partition coefficient (Wildman–Crippen LogP) is 1.91. The molecule has 84 valence electrons. The van der Waals surface area contributed by atoms with E-state index >= 15 is 0 Å². The molecule has 15 heavy (non-hydrogen) atoms. The van der Waals surface area contributed by atoms with Crippen LogP contribution in [-0.2, 0) is 18.2 Å². The van der Waals surface area contributed by atoms with Crippen molar-refractivity contribution < 1.29 is 25.6 Å². The maximum absolute atomic E-state index is 13.6. The average molecular weight is 259 g/mol. The topological polar surface area (TPSA) is 54.4 Å². The van der Waals surface area contributed by atoms with Crippen molar-refractivity contribution in [3.8, 4) is 0 Å². The number of rotatable bonds is 2. The summed E-state index contributed by atoms with van der Waals surface area (Å²) in [6.45, 7) is 0. The van der Waals surface area contributed by atoms with E-state index in [4.69, 9.17) is 4.55 Å². The lowest BCUT2D eigenvalue weighted by Crippen LogP contribution is -2.22. The second-order valence-corrected chi connectivity index (χ2v) is 7.70. The predicted molar refractivity (Wildman–Crippen MR) is 52.0 cm³/mol. The van der Waals surface area contributed by atoms with Crippen molar-refractivity contribution in [2.75, 3.05) is 0 Å². The van der Waals surface area contributed by atoms with E-state index < -0.39 is 28.5 Å². The summed E-state index contributed by atoms with van der Waals surface area (Å²) in [4.78, 5) is -0.757. The van der Waals surface area contributed by atoms with Crippen molar-refractivity contribution in [1.29, 1.82) is 0 Å². The third-order valence-electron chi connectivity index (χ3n) is 1.54. The first-order valence-electron chi connectivity index (χ1n) is 3.53. The Morgan fingerprint density at radius 3 is 2.00 bits per heavy atom. The largest absolute Gasteiger partial charge is 0.483 e. The molecule has 0 saturated carbocycles. The molecule has 0 aliphatic rings. The van der Waals surface area contributed by atoms with Gasteiger partial charge in [-0.3, -0.25) is 0 Å². The number of halogens is 3. The number of hydrogen-bond acceptors (Lipinski definition) is 2. The first-order chi connectivity index (χ1) is 6.80. The molecule has 0 fully saturated rings. The molecule has 0 aromatic heterocycles. The Balaban J connectivity index is 3.64. The molecule has 1 aromatic carbocycles. The van der Waals surface area contributed by atoms with Crippen LogP contribution in [0.3, 0.4) is 0 Å². The fraction of sp³-hybridized carbons (Fsp3) is 0. The highest BCUT2D eigenvalue weighted by Crippen LogP contribution is 2.30.